The number of alkyl halides is 1. The average Bonchev–Trinajstić information content (AvgIpc) is 2.32. The zero-order chi connectivity index (χ0) is 13.3. The fraction of sp³-hybridized carbons (Fsp3) is 0.250. The van der Waals surface area contributed by atoms with E-state index in [9.17, 15) is 0 Å². The molecule has 0 fully saturated rings. The van der Waals surface area contributed by atoms with Crippen LogP contribution in [0.25, 0.3) is 0 Å². The van der Waals surface area contributed by atoms with Crippen LogP contribution in [0.1, 0.15) is 33.2 Å². The van der Waals surface area contributed by atoms with Gasteiger partial charge >= 0.3 is 0 Å². The molecule has 0 spiro atoms. The summed E-state index contributed by atoms with van der Waals surface area (Å²) in [4.78, 5) is 0. The monoisotopic (exact) mass is 322 g/mol. The molecular formula is C16H16BrCl. The van der Waals surface area contributed by atoms with Crippen molar-refractivity contribution in [3.63, 3.8) is 0 Å². The van der Waals surface area contributed by atoms with Gasteiger partial charge in [-0.2, -0.15) is 0 Å². The van der Waals surface area contributed by atoms with Gasteiger partial charge < -0.3 is 0 Å². The summed E-state index contributed by atoms with van der Waals surface area (Å²) >= 11 is 10.2. The van der Waals surface area contributed by atoms with E-state index in [0.717, 1.165) is 10.0 Å². The molecule has 0 saturated carbocycles. The molecule has 2 rings (SSSR count). The van der Waals surface area contributed by atoms with Gasteiger partial charge in [0, 0.05) is 4.47 Å². The van der Waals surface area contributed by atoms with Crippen LogP contribution in [0.5, 0.6) is 0 Å². The van der Waals surface area contributed by atoms with Crippen LogP contribution in [0.4, 0.5) is 0 Å². The van der Waals surface area contributed by atoms with Gasteiger partial charge in [-0.15, -0.1) is 11.6 Å². The summed E-state index contributed by atoms with van der Waals surface area (Å²) in [6.45, 7) is 6.31. The Balaban J connectivity index is 2.48. The molecule has 2 aromatic carbocycles. The quantitative estimate of drug-likeness (QED) is 0.622. The minimum absolute atomic E-state index is 0.0944. The standard InChI is InChI=1S/C16H16BrCl/c1-10-7-8-13(11(2)9-10)16(18)14-5-4-6-15(17)12(14)3/h4-9,16H,1-3H3. The average molecular weight is 324 g/mol. The summed E-state index contributed by atoms with van der Waals surface area (Å²) in [5, 5.41) is -0.0944. The Labute approximate surface area is 122 Å². The molecule has 1 atom stereocenters. The lowest BCUT2D eigenvalue weighted by Crippen LogP contribution is -1.99. The van der Waals surface area contributed by atoms with E-state index in [2.05, 4.69) is 61.0 Å². The maximum atomic E-state index is 6.65. The van der Waals surface area contributed by atoms with Gasteiger partial charge in [0.05, 0.1) is 5.38 Å². The molecule has 2 aromatic rings. The highest BCUT2D eigenvalue weighted by molar-refractivity contribution is 9.10. The van der Waals surface area contributed by atoms with Crippen molar-refractivity contribution in [1.82, 2.24) is 0 Å². The number of benzene rings is 2. The van der Waals surface area contributed by atoms with Gasteiger partial charge in [-0.25, -0.2) is 0 Å². The van der Waals surface area contributed by atoms with Crippen LogP contribution in [0.15, 0.2) is 40.9 Å². The first-order valence-electron chi connectivity index (χ1n) is 5.97. The smallest absolute Gasteiger partial charge is 0.0840 e. The predicted octanol–water partition coefficient (Wildman–Crippen LogP) is 5.70. The minimum atomic E-state index is -0.0944. The molecular weight excluding hydrogens is 308 g/mol. The lowest BCUT2D eigenvalue weighted by atomic mass is 9.96. The third kappa shape index (κ3) is 2.62. The highest BCUT2D eigenvalue weighted by Crippen LogP contribution is 2.35. The van der Waals surface area contributed by atoms with Crippen molar-refractivity contribution >= 4 is 27.5 Å². The second-order valence-corrected chi connectivity index (χ2v) is 5.97. The Kier molecular flexibility index (Phi) is 4.14. The molecule has 0 heterocycles. The zero-order valence-corrected chi connectivity index (χ0v) is 13.1. The highest BCUT2D eigenvalue weighted by Gasteiger charge is 2.16. The number of aryl methyl sites for hydroxylation is 2. The SMILES string of the molecule is Cc1ccc(C(Cl)c2cccc(Br)c2C)c(C)c1. The largest absolute Gasteiger partial charge is 0.113 e. The van der Waals surface area contributed by atoms with Crippen LogP contribution in [-0.2, 0) is 0 Å². The van der Waals surface area contributed by atoms with E-state index in [4.69, 9.17) is 11.6 Å². The minimum Gasteiger partial charge on any atom is -0.113 e. The molecule has 0 radical (unpaired) electrons. The van der Waals surface area contributed by atoms with Crippen molar-refractivity contribution in [1.29, 1.82) is 0 Å². The third-order valence-corrected chi connectivity index (χ3v) is 4.61. The van der Waals surface area contributed by atoms with Crippen molar-refractivity contribution in [2.75, 3.05) is 0 Å². The van der Waals surface area contributed by atoms with Gasteiger partial charge in [-0.3, -0.25) is 0 Å². The van der Waals surface area contributed by atoms with Crippen molar-refractivity contribution in [2.45, 2.75) is 26.1 Å². The van der Waals surface area contributed by atoms with Crippen LogP contribution >= 0.6 is 27.5 Å². The zero-order valence-electron chi connectivity index (χ0n) is 10.8. The van der Waals surface area contributed by atoms with Gasteiger partial charge in [-0.1, -0.05) is 51.8 Å². The van der Waals surface area contributed by atoms with E-state index in [1.165, 1.54) is 22.3 Å². The van der Waals surface area contributed by atoms with Gasteiger partial charge in [0.2, 0.25) is 0 Å². The summed E-state index contributed by atoms with van der Waals surface area (Å²) in [6.07, 6.45) is 0. The summed E-state index contributed by atoms with van der Waals surface area (Å²) in [5.74, 6) is 0. The van der Waals surface area contributed by atoms with Gasteiger partial charge in [0.25, 0.3) is 0 Å². The van der Waals surface area contributed by atoms with Crippen LogP contribution < -0.4 is 0 Å². The molecule has 0 aliphatic rings. The van der Waals surface area contributed by atoms with Crippen molar-refractivity contribution in [3.05, 3.63) is 68.7 Å². The molecule has 0 bridgehead atoms. The Hall–Kier alpha value is -0.790. The molecule has 94 valence electrons. The third-order valence-electron chi connectivity index (χ3n) is 3.28. The lowest BCUT2D eigenvalue weighted by Gasteiger charge is -2.16. The predicted molar refractivity (Wildman–Crippen MR) is 82.5 cm³/mol. The molecule has 0 aromatic heterocycles. The molecule has 0 N–H and O–H groups in total. The van der Waals surface area contributed by atoms with E-state index in [0.29, 0.717) is 0 Å². The van der Waals surface area contributed by atoms with Crippen molar-refractivity contribution < 1.29 is 0 Å². The van der Waals surface area contributed by atoms with E-state index >= 15 is 0 Å². The van der Waals surface area contributed by atoms with Crippen LogP contribution in [-0.4, -0.2) is 0 Å². The maximum Gasteiger partial charge on any atom is 0.0840 e. The molecule has 0 amide bonds. The second-order valence-electron chi connectivity index (χ2n) is 4.68. The van der Waals surface area contributed by atoms with Gasteiger partial charge in [-0.05, 0) is 49.1 Å². The summed E-state index contributed by atoms with van der Waals surface area (Å²) < 4.78 is 1.11. The molecule has 0 saturated heterocycles. The normalized spacial score (nSPS) is 12.5. The topological polar surface area (TPSA) is 0 Å². The highest BCUT2D eigenvalue weighted by atomic mass is 79.9. The molecule has 18 heavy (non-hydrogen) atoms. The number of hydrogen-bond acceptors (Lipinski definition) is 0. The molecule has 1 unspecified atom stereocenters. The van der Waals surface area contributed by atoms with Crippen molar-refractivity contribution in [3.8, 4) is 0 Å². The molecule has 0 nitrogen and oxygen atoms in total. The first-order chi connectivity index (χ1) is 8.50. The number of hydrogen-bond donors (Lipinski definition) is 0. The van der Waals surface area contributed by atoms with Crippen molar-refractivity contribution in [2.24, 2.45) is 0 Å². The number of rotatable bonds is 2. The Morgan fingerprint density at radius 1 is 1.00 bits per heavy atom. The van der Waals surface area contributed by atoms with Gasteiger partial charge in [0.15, 0.2) is 0 Å². The molecule has 2 heteroatoms. The van der Waals surface area contributed by atoms with Crippen LogP contribution in [0.2, 0.25) is 0 Å². The first-order valence-corrected chi connectivity index (χ1v) is 7.20. The maximum absolute atomic E-state index is 6.65. The van der Waals surface area contributed by atoms with E-state index in [-0.39, 0.29) is 5.38 Å². The molecule has 0 aliphatic carbocycles. The first kappa shape index (κ1) is 13.6. The fourth-order valence-electron chi connectivity index (χ4n) is 2.18. The van der Waals surface area contributed by atoms with E-state index in [1.54, 1.807) is 0 Å². The summed E-state index contributed by atoms with van der Waals surface area (Å²) in [7, 11) is 0. The van der Waals surface area contributed by atoms with E-state index < -0.39 is 0 Å². The Bertz CT molecular complexity index is 575. The summed E-state index contributed by atoms with van der Waals surface area (Å²) in [5.41, 5.74) is 6.07. The Morgan fingerprint density at radius 3 is 2.39 bits per heavy atom. The lowest BCUT2D eigenvalue weighted by molar-refractivity contribution is 1.08. The van der Waals surface area contributed by atoms with Crippen LogP contribution in [0.3, 0.4) is 0 Å². The molecule has 0 aliphatic heterocycles. The number of halogens is 2. The van der Waals surface area contributed by atoms with Crippen LogP contribution in [0, 0.1) is 20.8 Å². The second kappa shape index (κ2) is 5.46. The Morgan fingerprint density at radius 2 is 1.72 bits per heavy atom. The van der Waals surface area contributed by atoms with E-state index in [1.807, 2.05) is 12.1 Å². The summed E-state index contributed by atoms with van der Waals surface area (Å²) in [6, 6.07) is 12.6. The fourth-order valence-corrected chi connectivity index (χ4v) is 3.04. The van der Waals surface area contributed by atoms with Gasteiger partial charge in [0.1, 0.15) is 0 Å².